The van der Waals surface area contributed by atoms with Crippen LogP contribution in [0, 0.1) is 13.8 Å². The van der Waals surface area contributed by atoms with Gasteiger partial charge in [0, 0.05) is 0 Å². The molecule has 0 radical (unpaired) electrons. The summed E-state index contributed by atoms with van der Waals surface area (Å²) in [5, 5.41) is 3.05. The number of para-hydroxylation sites is 2. The Bertz CT molecular complexity index is 697. The molecule has 0 aromatic heterocycles. The first-order valence-corrected chi connectivity index (χ1v) is 8.17. The summed E-state index contributed by atoms with van der Waals surface area (Å²) in [7, 11) is 1.58. The fraction of sp³-hybridized carbons (Fsp3) is 0.350. The van der Waals surface area contributed by atoms with Gasteiger partial charge in [-0.3, -0.25) is 4.79 Å². The molecule has 1 atom stereocenters. The Morgan fingerprint density at radius 3 is 2.46 bits per heavy atom. The monoisotopic (exact) mass is 327 g/mol. The van der Waals surface area contributed by atoms with Crippen LogP contribution >= 0.6 is 0 Å². The first-order valence-electron chi connectivity index (χ1n) is 8.17. The van der Waals surface area contributed by atoms with Crippen LogP contribution in [0.1, 0.15) is 36.1 Å². The van der Waals surface area contributed by atoms with Gasteiger partial charge < -0.3 is 14.8 Å². The van der Waals surface area contributed by atoms with Crippen LogP contribution in [-0.2, 0) is 4.79 Å². The highest BCUT2D eigenvalue weighted by Gasteiger charge is 2.15. The molecule has 2 aromatic carbocycles. The Morgan fingerprint density at radius 2 is 1.83 bits per heavy atom. The van der Waals surface area contributed by atoms with Crippen LogP contribution in [0.15, 0.2) is 42.5 Å². The summed E-state index contributed by atoms with van der Waals surface area (Å²) in [4.78, 5) is 12.3. The van der Waals surface area contributed by atoms with E-state index in [-0.39, 0.29) is 18.6 Å². The number of amides is 1. The Labute approximate surface area is 143 Å². The van der Waals surface area contributed by atoms with E-state index in [4.69, 9.17) is 9.47 Å². The molecule has 0 bridgehead atoms. The highest BCUT2D eigenvalue weighted by atomic mass is 16.5. The number of aryl methyl sites for hydroxylation is 2. The molecule has 24 heavy (non-hydrogen) atoms. The van der Waals surface area contributed by atoms with E-state index < -0.39 is 0 Å². The number of rotatable bonds is 7. The lowest BCUT2D eigenvalue weighted by Crippen LogP contribution is -2.32. The van der Waals surface area contributed by atoms with Crippen molar-refractivity contribution in [3.8, 4) is 11.5 Å². The van der Waals surface area contributed by atoms with Gasteiger partial charge in [0.25, 0.3) is 5.91 Å². The third-order valence-corrected chi connectivity index (χ3v) is 3.97. The van der Waals surface area contributed by atoms with Crippen LogP contribution in [0.3, 0.4) is 0 Å². The van der Waals surface area contributed by atoms with E-state index in [1.165, 1.54) is 11.1 Å². The van der Waals surface area contributed by atoms with Gasteiger partial charge in [-0.15, -0.1) is 0 Å². The number of carbonyl (C=O) groups is 1. The zero-order valence-corrected chi connectivity index (χ0v) is 14.8. The molecule has 0 saturated carbocycles. The zero-order valence-electron chi connectivity index (χ0n) is 14.8. The molecule has 128 valence electrons. The second kappa shape index (κ2) is 8.39. The minimum Gasteiger partial charge on any atom is -0.493 e. The molecule has 4 heteroatoms. The summed E-state index contributed by atoms with van der Waals surface area (Å²) in [5.41, 5.74) is 3.55. The SMILES string of the molecule is CC[C@@H](NC(=O)COc1ccccc1OC)c1ccc(C)cc1C. The topological polar surface area (TPSA) is 47.6 Å². The Balaban J connectivity index is 1.99. The Morgan fingerprint density at radius 1 is 1.12 bits per heavy atom. The smallest absolute Gasteiger partial charge is 0.258 e. The van der Waals surface area contributed by atoms with Crippen molar-refractivity contribution in [1.29, 1.82) is 0 Å². The van der Waals surface area contributed by atoms with E-state index in [1.807, 2.05) is 12.1 Å². The van der Waals surface area contributed by atoms with E-state index in [9.17, 15) is 4.79 Å². The number of benzene rings is 2. The lowest BCUT2D eigenvalue weighted by atomic mass is 9.97. The number of methoxy groups -OCH3 is 1. The zero-order chi connectivity index (χ0) is 17.5. The molecule has 0 unspecified atom stereocenters. The van der Waals surface area contributed by atoms with Crippen molar-refractivity contribution in [2.45, 2.75) is 33.2 Å². The van der Waals surface area contributed by atoms with Crippen molar-refractivity contribution in [3.63, 3.8) is 0 Å². The number of hydrogen-bond donors (Lipinski definition) is 1. The van der Waals surface area contributed by atoms with Crippen molar-refractivity contribution >= 4 is 5.91 Å². The van der Waals surface area contributed by atoms with Gasteiger partial charge in [-0.05, 0) is 43.5 Å². The van der Waals surface area contributed by atoms with Gasteiger partial charge in [0.2, 0.25) is 0 Å². The van der Waals surface area contributed by atoms with Crippen LogP contribution in [0.25, 0.3) is 0 Å². The van der Waals surface area contributed by atoms with Gasteiger partial charge in [0.15, 0.2) is 18.1 Å². The molecular weight excluding hydrogens is 302 g/mol. The van der Waals surface area contributed by atoms with Gasteiger partial charge in [0.05, 0.1) is 13.2 Å². The van der Waals surface area contributed by atoms with E-state index in [2.05, 4.69) is 44.3 Å². The quantitative estimate of drug-likeness (QED) is 0.837. The average Bonchev–Trinajstić information content (AvgIpc) is 2.58. The summed E-state index contributed by atoms with van der Waals surface area (Å²) in [6.07, 6.45) is 0.824. The first-order chi connectivity index (χ1) is 11.5. The van der Waals surface area contributed by atoms with E-state index >= 15 is 0 Å². The van der Waals surface area contributed by atoms with Crippen LogP contribution in [0.5, 0.6) is 11.5 Å². The summed E-state index contributed by atoms with van der Waals surface area (Å²) in [5.74, 6) is 1.04. The maximum atomic E-state index is 12.3. The summed E-state index contributed by atoms with van der Waals surface area (Å²) < 4.78 is 10.8. The second-order valence-corrected chi connectivity index (χ2v) is 5.83. The molecule has 0 aliphatic heterocycles. The second-order valence-electron chi connectivity index (χ2n) is 5.83. The van der Waals surface area contributed by atoms with Gasteiger partial charge in [0.1, 0.15) is 0 Å². The van der Waals surface area contributed by atoms with E-state index in [0.717, 1.165) is 12.0 Å². The third kappa shape index (κ3) is 4.51. The number of hydrogen-bond acceptors (Lipinski definition) is 3. The van der Waals surface area contributed by atoms with E-state index in [1.54, 1.807) is 19.2 Å². The standard InChI is InChI=1S/C20H25NO3/c1-5-17(16-11-10-14(2)12-15(16)3)21-20(22)13-24-19-9-7-6-8-18(19)23-4/h6-12,17H,5,13H2,1-4H3,(H,21,22)/t17-/m1/s1. The van der Waals surface area contributed by atoms with Crippen LogP contribution < -0.4 is 14.8 Å². The molecule has 2 aromatic rings. The summed E-state index contributed by atoms with van der Waals surface area (Å²) in [6.45, 7) is 6.16. The van der Waals surface area contributed by atoms with Gasteiger partial charge >= 0.3 is 0 Å². The van der Waals surface area contributed by atoms with Crippen LogP contribution in [-0.4, -0.2) is 19.6 Å². The molecule has 1 amide bonds. The minimum atomic E-state index is -0.146. The number of carbonyl (C=O) groups excluding carboxylic acids is 1. The van der Waals surface area contributed by atoms with Crippen molar-refractivity contribution in [3.05, 3.63) is 59.2 Å². The van der Waals surface area contributed by atoms with Crippen molar-refractivity contribution in [2.75, 3.05) is 13.7 Å². The normalized spacial score (nSPS) is 11.7. The average molecular weight is 327 g/mol. The van der Waals surface area contributed by atoms with Crippen molar-refractivity contribution in [1.82, 2.24) is 5.32 Å². The molecule has 0 aliphatic rings. The molecule has 4 nitrogen and oxygen atoms in total. The molecule has 2 rings (SSSR count). The largest absolute Gasteiger partial charge is 0.493 e. The molecule has 0 spiro atoms. The maximum Gasteiger partial charge on any atom is 0.258 e. The maximum absolute atomic E-state index is 12.3. The predicted octanol–water partition coefficient (Wildman–Crippen LogP) is 3.96. The lowest BCUT2D eigenvalue weighted by Gasteiger charge is -2.20. The molecule has 0 saturated heterocycles. The molecular formula is C20H25NO3. The van der Waals surface area contributed by atoms with Gasteiger partial charge in [-0.2, -0.15) is 0 Å². The van der Waals surface area contributed by atoms with Gasteiger partial charge in [-0.25, -0.2) is 0 Å². The fourth-order valence-electron chi connectivity index (χ4n) is 2.73. The third-order valence-electron chi connectivity index (χ3n) is 3.97. The highest BCUT2D eigenvalue weighted by molar-refractivity contribution is 5.78. The molecule has 1 N–H and O–H groups in total. The number of nitrogens with one attached hydrogen (secondary N) is 1. The number of ether oxygens (including phenoxy) is 2. The van der Waals surface area contributed by atoms with Crippen LogP contribution in [0.4, 0.5) is 0 Å². The molecule has 0 fully saturated rings. The Hall–Kier alpha value is -2.49. The van der Waals surface area contributed by atoms with Crippen molar-refractivity contribution in [2.24, 2.45) is 0 Å². The van der Waals surface area contributed by atoms with Crippen molar-refractivity contribution < 1.29 is 14.3 Å². The fourth-order valence-corrected chi connectivity index (χ4v) is 2.73. The van der Waals surface area contributed by atoms with E-state index in [0.29, 0.717) is 11.5 Å². The highest BCUT2D eigenvalue weighted by Crippen LogP contribution is 2.26. The predicted molar refractivity (Wildman–Crippen MR) is 95.6 cm³/mol. The summed E-state index contributed by atoms with van der Waals surface area (Å²) in [6, 6.07) is 13.6. The Kier molecular flexibility index (Phi) is 6.24. The van der Waals surface area contributed by atoms with Gasteiger partial charge in [-0.1, -0.05) is 42.8 Å². The first kappa shape index (κ1) is 17.9. The molecule has 0 aliphatic carbocycles. The van der Waals surface area contributed by atoms with Crippen LogP contribution in [0.2, 0.25) is 0 Å². The summed E-state index contributed by atoms with van der Waals surface area (Å²) >= 11 is 0. The molecule has 0 heterocycles. The minimum absolute atomic E-state index is 0.0145. The lowest BCUT2D eigenvalue weighted by molar-refractivity contribution is -0.123.